The summed E-state index contributed by atoms with van der Waals surface area (Å²) in [7, 11) is 1.90. The lowest BCUT2D eigenvalue weighted by molar-refractivity contribution is 0.0956. The SMILES string of the molecule is CCNC(=O)c1cnccc1-c1nc2cc(C)cnc2n1C. The summed E-state index contributed by atoms with van der Waals surface area (Å²) in [6.07, 6.45) is 5.04. The van der Waals surface area contributed by atoms with Crippen molar-refractivity contribution in [2.24, 2.45) is 7.05 Å². The van der Waals surface area contributed by atoms with Crippen molar-refractivity contribution in [1.29, 1.82) is 0 Å². The first-order valence-electron chi connectivity index (χ1n) is 7.13. The molecule has 0 radical (unpaired) electrons. The van der Waals surface area contributed by atoms with Gasteiger partial charge in [-0.3, -0.25) is 9.78 Å². The van der Waals surface area contributed by atoms with Crippen LogP contribution in [0.2, 0.25) is 0 Å². The Bertz CT molecular complexity index is 853. The number of hydrogen-bond donors (Lipinski definition) is 1. The molecule has 0 aromatic carbocycles. The van der Waals surface area contributed by atoms with Crippen molar-refractivity contribution in [3.05, 3.63) is 41.9 Å². The lowest BCUT2D eigenvalue weighted by Crippen LogP contribution is -2.23. The van der Waals surface area contributed by atoms with E-state index in [-0.39, 0.29) is 5.91 Å². The molecule has 0 aliphatic heterocycles. The van der Waals surface area contributed by atoms with Crippen molar-refractivity contribution in [2.75, 3.05) is 6.54 Å². The summed E-state index contributed by atoms with van der Waals surface area (Å²) in [5, 5.41) is 2.80. The number of imidazole rings is 1. The van der Waals surface area contributed by atoms with Crippen molar-refractivity contribution in [2.45, 2.75) is 13.8 Å². The van der Waals surface area contributed by atoms with Crippen molar-refractivity contribution in [3.63, 3.8) is 0 Å². The second-order valence-electron chi connectivity index (χ2n) is 5.13. The van der Waals surface area contributed by atoms with Gasteiger partial charge in [-0.25, -0.2) is 9.97 Å². The van der Waals surface area contributed by atoms with Crippen LogP contribution in [0.1, 0.15) is 22.8 Å². The highest BCUT2D eigenvalue weighted by Crippen LogP contribution is 2.25. The van der Waals surface area contributed by atoms with Crippen LogP contribution >= 0.6 is 0 Å². The second kappa shape index (κ2) is 5.55. The molecule has 112 valence electrons. The minimum atomic E-state index is -0.151. The van der Waals surface area contributed by atoms with Gasteiger partial charge in [0.05, 0.1) is 5.56 Å². The average molecular weight is 295 g/mol. The van der Waals surface area contributed by atoms with Crippen molar-refractivity contribution < 1.29 is 4.79 Å². The van der Waals surface area contributed by atoms with Gasteiger partial charge in [0, 0.05) is 37.7 Å². The molecule has 0 saturated heterocycles. The van der Waals surface area contributed by atoms with E-state index in [2.05, 4.69) is 20.3 Å². The van der Waals surface area contributed by atoms with Crippen LogP contribution in [0.5, 0.6) is 0 Å². The number of nitrogens with one attached hydrogen (secondary N) is 1. The van der Waals surface area contributed by atoms with Gasteiger partial charge in [0.15, 0.2) is 5.65 Å². The molecule has 0 aliphatic carbocycles. The van der Waals surface area contributed by atoms with Crippen molar-refractivity contribution in [3.8, 4) is 11.4 Å². The predicted molar refractivity (Wildman–Crippen MR) is 84.5 cm³/mol. The summed E-state index contributed by atoms with van der Waals surface area (Å²) in [6, 6.07) is 3.79. The topological polar surface area (TPSA) is 72.7 Å². The molecule has 0 fully saturated rings. The van der Waals surface area contributed by atoms with Crippen molar-refractivity contribution in [1.82, 2.24) is 24.8 Å². The molecule has 0 atom stereocenters. The summed E-state index contributed by atoms with van der Waals surface area (Å²) in [5.74, 6) is 0.554. The zero-order valence-electron chi connectivity index (χ0n) is 12.8. The molecule has 3 rings (SSSR count). The summed E-state index contributed by atoms with van der Waals surface area (Å²) in [4.78, 5) is 25.3. The van der Waals surface area contributed by atoms with Crippen LogP contribution in [0.4, 0.5) is 0 Å². The van der Waals surface area contributed by atoms with E-state index in [1.807, 2.05) is 37.7 Å². The van der Waals surface area contributed by atoms with Gasteiger partial charge in [-0.15, -0.1) is 0 Å². The number of carbonyl (C=O) groups excluding carboxylic acids is 1. The Labute approximate surface area is 128 Å². The number of fused-ring (bicyclic) bond motifs is 1. The second-order valence-corrected chi connectivity index (χ2v) is 5.13. The molecule has 3 aromatic rings. The molecule has 0 spiro atoms. The van der Waals surface area contributed by atoms with Crippen LogP contribution in [0.25, 0.3) is 22.6 Å². The van der Waals surface area contributed by atoms with E-state index in [4.69, 9.17) is 0 Å². The van der Waals surface area contributed by atoms with Crippen LogP contribution in [0.15, 0.2) is 30.7 Å². The molecule has 1 N–H and O–H groups in total. The first-order chi connectivity index (χ1) is 10.6. The maximum absolute atomic E-state index is 12.2. The van der Waals surface area contributed by atoms with Crippen molar-refractivity contribution >= 4 is 17.1 Å². The number of hydrogen-bond acceptors (Lipinski definition) is 4. The van der Waals surface area contributed by atoms with E-state index in [0.29, 0.717) is 17.9 Å². The van der Waals surface area contributed by atoms with Gasteiger partial charge in [-0.1, -0.05) is 0 Å². The largest absolute Gasteiger partial charge is 0.352 e. The third-order valence-corrected chi connectivity index (χ3v) is 3.49. The summed E-state index contributed by atoms with van der Waals surface area (Å²) < 4.78 is 1.90. The molecule has 1 amide bonds. The number of rotatable bonds is 3. The monoisotopic (exact) mass is 295 g/mol. The summed E-state index contributed by atoms with van der Waals surface area (Å²) in [5.41, 5.74) is 3.92. The van der Waals surface area contributed by atoms with E-state index >= 15 is 0 Å². The predicted octanol–water partition coefficient (Wildman–Crippen LogP) is 2.09. The first kappa shape index (κ1) is 14.2. The maximum atomic E-state index is 12.2. The Morgan fingerprint density at radius 3 is 2.95 bits per heavy atom. The van der Waals surface area contributed by atoms with Gasteiger partial charge in [-0.05, 0) is 31.5 Å². The molecule has 3 aromatic heterocycles. The lowest BCUT2D eigenvalue weighted by Gasteiger charge is -2.08. The van der Waals surface area contributed by atoms with E-state index in [1.54, 1.807) is 18.5 Å². The van der Waals surface area contributed by atoms with E-state index in [0.717, 1.165) is 22.3 Å². The maximum Gasteiger partial charge on any atom is 0.253 e. The number of aromatic nitrogens is 4. The molecule has 0 aliphatic rings. The first-order valence-corrected chi connectivity index (χ1v) is 7.13. The molecular formula is C16H17N5O. The number of aryl methyl sites for hydroxylation is 2. The molecule has 0 bridgehead atoms. The molecule has 6 nitrogen and oxygen atoms in total. The van der Waals surface area contributed by atoms with Gasteiger partial charge >= 0.3 is 0 Å². The van der Waals surface area contributed by atoms with Gasteiger partial charge in [0.2, 0.25) is 0 Å². The number of carbonyl (C=O) groups is 1. The van der Waals surface area contributed by atoms with Gasteiger partial charge in [0.25, 0.3) is 5.91 Å². The van der Waals surface area contributed by atoms with Crippen LogP contribution in [0, 0.1) is 6.92 Å². The fraction of sp³-hybridized carbons (Fsp3) is 0.250. The number of nitrogens with zero attached hydrogens (tertiary/aromatic N) is 4. The Morgan fingerprint density at radius 1 is 1.36 bits per heavy atom. The molecule has 0 unspecified atom stereocenters. The Kier molecular flexibility index (Phi) is 3.58. The summed E-state index contributed by atoms with van der Waals surface area (Å²) >= 11 is 0. The third-order valence-electron chi connectivity index (χ3n) is 3.49. The zero-order valence-corrected chi connectivity index (χ0v) is 12.8. The molecule has 3 heterocycles. The van der Waals surface area contributed by atoms with Crippen LogP contribution in [-0.2, 0) is 7.05 Å². The van der Waals surface area contributed by atoms with E-state index in [1.165, 1.54) is 0 Å². The fourth-order valence-corrected chi connectivity index (χ4v) is 2.44. The lowest BCUT2D eigenvalue weighted by atomic mass is 10.1. The van der Waals surface area contributed by atoms with Crippen LogP contribution < -0.4 is 5.32 Å². The highest BCUT2D eigenvalue weighted by atomic mass is 16.1. The number of pyridine rings is 2. The van der Waals surface area contributed by atoms with Gasteiger partial charge < -0.3 is 9.88 Å². The quantitative estimate of drug-likeness (QED) is 0.803. The Balaban J connectivity index is 2.20. The normalized spacial score (nSPS) is 10.9. The molecule has 0 saturated carbocycles. The molecular weight excluding hydrogens is 278 g/mol. The van der Waals surface area contributed by atoms with Crippen LogP contribution in [-0.4, -0.2) is 32.0 Å². The molecule has 22 heavy (non-hydrogen) atoms. The minimum absolute atomic E-state index is 0.151. The average Bonchev–Trinajstić information content (AvgIpc) is 2.83. The standard InChI is InChI=1S/C16H17N5O/c1-4-18-16(22)12-9-17-6-5-11(12)14-20-13-7-10(2)8-19-15(13)21(14)3/h5-9H,4H2,1-3H3,(H,18,22). The molecule has 6 heteroatoms. The summed E-state index contributed by atoms with van der Waals surface area (Å²) in [6.45, 7) is 4.43. The minimum Gasteiger partial charge on any atom is -0.352 e. The third kappa shape index (κ3) is 2.32. The highest BCUT2D eigenvalue weighted by Gasteiger charge is 2.18. The smallest absolute Gasteiger partial charge is 0.253 e. The highest BCUT2D eigenvalue weighted by molar-refractivity contribution is 6.00. The zero-order chi connectivity index (χ0) is 15.7. The Morgan fingerprint density at radius 2 is 2.18 bits per heavy atom. The Hall–Kier alpha value is -2.76. The van der Waals surface area contributed by atoms with Gasteiger partial charge in [-0.2, -0.15) is 0 Å². The van der Waals surface area contributed by atoms with E-state index < -0.39 is 0 Å². The van der Waals surface area contributed by atoms with E-state index in [9.17, 15) is 4.79 Å². The van der Waals surface area contributed by atoms with Crippen LogP contribution in [0.3, 0.4) is 0 Å². The fourth-order valence-electron chi connectivity index (χ4n) is 2.44. The number of amides is 1. The van der Waals surface area contributed by atoms with Gasteiger partial charge in [0.1, 0.15) is 11.3 Å².